The molecule has 2 aromatic rings. The zero-order valence-corrected chi connectivity index (χ0v) is 11.9. The number of allylic oxidation sites excluding steroid dienone is 2. The van der Waals surface area contributed by atoms with Crippen LogP contribution >= 0.6 is 11.6 Å². The Labute approximate surface area is 117 Å². The molecule has 0 atom stereocenters. The highest BCUT2D eigenvalue weighted by atomic mass is 35.5. The van der Waals surface area contributed by atoms with Gasteiger partial charge in [0.1, 0.15) is 11.6 Å². The average molecular weight is 274 g/mol. The van der Waals surface area contributed by atoms with Crippen LogP contribution in [-0.2, 0) is 12.8 Å². The molecule has 0 saturated carbocycles. The number of hydrogen-bond donors (Lipinski definition) is 0. The van der Waals surface area contributed by atoms with Crippen LogP contribution in [0, 0.1) is 0 Å². The van der Waals surface area contributed by atoms with E-state index in [9.17, 15) is 0 Å². The molecule has 0 unspecified atom stereocenters. The highest BCUT2D eigenvalue weighted by Crippen LogP contribution is 2.32. The Morgan fingerprint density at radius 3 is 2.79 bits per heavy atom. The molecular weight excluding hydrogens is 258 g/mol. The van der Waals surface area contributed by atoms with Crippen LogP contribution in [0.4, 0.5) is 0 Å². The minimum Gasteiger partial charge on any atom is -0.282 e. The normalized spacial score (nSPS) is 13.5. The molecule has 0 fully saturated rings. The van der Waals surface area contributed by atoms with E-state index in [2.05, 4.69) is 40.8 Å². The van der Waals surface area contributed by atoms with E-state index in [1.165, 1.54) is 11.1 Å². The van der Waals surface area contributed by atoms with Crippen LogP contribution in [0.15, 0.2) is 24.3 Å². The van der Waals surface area contributed by atoms with Gasteiger partial charge in [0.15, 0.2) is 0 Å². The number of fused-ring (bicyclic) bond motifs is 3. The summed E-state index contributed by atoms with van der Waals surface area (Å²) in [6, 6.07) is 6.04. The fourth-order valence-electron chi connectivity index (χ4n) is 2.61. The number of aryl methyl sites for hydroxylation is 1. The summed E-state index contributed by atoms with van der Waals surface area (Å²) < 4.78 is 2.17. The van der Waals surface area contributed by atoms with Crippen molar-refractivity contribution in [2.45, 2.75) is 33.1 Å². The molecule has 3 nitrogen and oxygen atoms in total. The van der Waals surface area contributed by atoms with Gasteiger partial charge in [0, 0.05) is 23.4 Å². The molecule has 1 aromatic carbocycles. The first-order valence-corrected chi connectivity index (χ1v) is 7.04. The van der Waals surface area contributed by atoms with Crippen molar-refractivity contribution in [1.29, 1.82) is 0 Å². The van der Waals surface area contributed by atoms with Crippen LogP contribution in [-0.4, -0.2) is 14.8 Å². The van der Waals surface area contributed by atoms with Gasteiger partial charge in [-0.15, -0.1) is 10.2 Å². The Kier molecular flexibility index (Phi) is 3.15. The maximum absolute atomic E-state index is 6.16. The van der Waals surface area contributed by atoms with E-state index >= 15 is 0 Å². The summed E-state index contributed by atoms with van der Waals surface area (Å²) in [4.78, 5) is 0. The molecule has 98 valence electrons. The Bertz CT molecular complexity index is 655. The van der Waals surface area contributed by atoms with Crippen molar-refractivity contribution in [3.8, 4) is 5.69 Å². The van der Waals surface area contributed by atoms with Gasteiger partial charge in [-0.2, -0.15) is 0 Å². The second-order valence-corrected chi connectivity index (χ2v) is 5.11. The van der Waals surface area contributed by atoms with E-state index in [4.69, 9.17) is 11.6 Å². The van der Waals surface area contributed by atoms with Gasteiger partial charge < -0.3 is 0 Å². The third-order valence-electron chi connectivity index (χ3n) is 3.57. The van der Waals surface area contributed by atoms with E-state index in [0.29, 0.717) is 0 Å². The summed E-state index contributed by atoms with van der Waals surface area (Å²) in [6.07, 6.45) is 4.92. The summed E-state index contributed by atoms with van der Waals surface area (Å²) in [6.45, 7) is 4.27. The number of rotatable bonds is 2. The Hall–Kier alpha value is -1.61. The van der Waals surface area contributed by atoms with Crippen molar-refractivity contribution in [2.75, 3.05) is 0 Å². The van der Waals surface area contributed by atoms with Crippen LogP contribution in [0.5, 0.6) is 0 Å². The number of halogens is 1. The number of hydrogen-bond acceptors (Lipinski definition) is 2. The van der Waals surface area contributed by atoms with Gasteiger partial charge in [-0.05, 0) is 30.2 Å². The molecule has 1 aliphatic heterocycles. The molecular formula is C15H16ClN3. The van der Waals surface area contributed by atoms with Gasteiger partial charge in [-0.25, -0.2) is 0 Å². The summed E-state index contributed by atoms with van der Waals surface area (Å²) in [7, 11) is 0. The third kappa shape index (κ3) is 1.98. The van der Waals surface area contributed by atoms with Gasteiger partial charge in [0.2, 0.25) is 0 Å². The van der Waals surface area contributed by atoms with Crippen LogP contribution in [0.1, 0.15) is 37.5 Å². The summed E-state index contributed by atoms with van der Waals surface area (Å²) in [5.41, 5.74) is 3.67. The molecule has 4 heteroatoms. The Morgan fingerprint density at radius 1 is 1.21 bits per heavy atom. The van der Waals surface area contributed by atoms with E-state index in [0.717, 1.165) is 41.6 Å². The molecule has 1 aromatic heterocycles. The molecule has 3 rings (SSSR count). The van der Waals surface area contributed by atoms with Crippen molar-refractivity contribution in [3.05, 3.63) is 46.5 Å². The molecule has 0 spiro atoms. The van der Waals surface area contributed by atoms with Crippen molar-refractivity contribution in [3.63, 3.8) is 0 Å². The Morgan fingerprint density at radius 2 is 2.05 bits per heavy atom. The van der Waals surface area contributed by atoms with Gasteiger partial charge in [0.05, 0.1) is 5.69 Å². The summed E-state index contributed by atoms with van der Waals surface area (Å²) in [5.74, 6) is 2.01. The fourth-order valence-corrected chi connectivity index (χ4v) is 2.78. The zero-order valence-electron chi connectivity index (χ0n) is 11.2. The standard InChI is InChI=1S/C15H16ClN3/c1-3-10-5-8-15-18-17-14(4-2)19(15)13-7-6-11(16)9-12(10)13/h5-7,9H,3-4,8H2,1-2H3. The maximum Gasteiger partial charge on any atom is 0.141 e. The largest absolute Gasteiger partial charge is 0.282 e. The van der Waals surface area contributed by atoms with Crippen molar-refractivity contribution >= 4 is 17.2 Å². The lowest BCUT2D eigenvalue weighted by atomic mass is 10.0. The maximum atomic E-state index is 6.16. The van der Waals surface area contributed by atoms with Crippen LogP contribution in [0.2, 0.25) is 5.02 Å². The first-order valence-electron chi connectivity index (χ1n) is 6.67. The summed E-state index contributed by atoms with van der Waals surface area (Å²) >= 11 is 6.16. The molecule has 0 amide bonds. The monoisotopic (exact) mass is 273 g/mol. The van der Waals surface area contributed by atoms with E-state index in [-0.39, 0.29) is 0 Å². The highest BCUT2D eigenvalue weighted by Gasteiger charge is 2.19. The predicted molar refractivity (Wildman–Crippen MR) is 77.7 cm³/mol. The van der Waals surface area contributed by atoms with Crippen molar-refractivity contribution in [1.82, 2.24) is 14.8 Å². The quantitative estimate of drug-likeness (QED) is 0.832. The minimum atomic E-state index is 0.771. The fraction of sp³-hybridized carbons (Fsp3) is 0.333. The zero-order chi connectivity index (χ0) is 13.4. The molecule has 0 radical (unpaired) electrons. The predicted octanol–water partition coefficient (Wildman–Crippen LogP) is 3.83. The van der Waals surface area contributed by atoms with Gasteiger partial charge in [-0.3, -0.25) is 4.57 Å². The third-order valence-corrected chi connectivity index (χ3v) is 3.81. The summed E-state index contributed by atoms with van der Waals surface area (Å²) in [5, 5.41) is 9.36. The molecule has 0 aliphatic carbocycles. The van der Waals surface area contributed by atoms with E-state index in [1.807, 2.05) is 12.1 Å². The average Bonchev–Trinajstić information content (AvgIpc) is 2.76. The van der Waals surface area contributed by atoms with E-state index in [1.54, 1.807) is 0 Å². The number of aromatic nitrogens is 3. The second kappa shape index (κ2) is 4.82. The molecule has 0 bridgehead atoms. The SMILES string of the molecule is CCC1=CCc2nnc(CC)n2-c2ccc(Cl)cc21. The van der Waals surface area contributed by atoms with Crippen LogP contribution in [0.3, 0.4) is 0 Å². The van der Waals surface area contributed by atoms with Gasteiger partial charge >= 0.3 is 0 Å². The molecule has 1 aliphatic rings. The van der Waals surface area contributed by atoms with Gasteiger partial charge in [-0.1, -0.05) is 31.5 Å². The molecule has 2 heterocycles. The Balaban J connectivity index is 2.31. The first-order chi connectivity index (χ1) is 9.24. The number of benzene rings is 1. The number of nitrogens with zero attached hydrogens (tertiary/aromatic N) is 3. The first kappa shape index (κ1) is 12.4. The second-order valence-electron chi connectivity index (χ2n) is 4.67. The molecule has 19 heavy (non-hydrogen) atoms. The van der Waals surface area contributed by atoms with E-state index < -0.39 is 0 Å². The lowest BCUT2D eigenvalue weighted by Crippen LogP contribution is -2.05. The van der Waals surface area contributed by atoms with Crippen LogP contribution in [0.25, 0.3) is 11.3 Å². The topological polar surface area (TPSA) is 30.7 Å². The molecule has 0 N–H and O–H groups in total. The smallest absolute Gasteiger partial charge is 0.141 e. The lowest BCUT2D eigenvalue weighted by molar-refractivity contribution is 0.862. The van der Waals surface area contributed by atoms with Crippen molar-refractivity contribution < 1.29 is 0 Å². The lowest BCUT2D eigenvalue weighted by Gasteiger charge is -2.13. The molecule has 0 saturated heterocycles. The van der Waals surface area contributed by atoms with Crippen LogP contribution < -0.4 is 0 Å². The highest BCUT2D eigenvalue weighted by molar-refractivity contribution is 6.30. The minimum absolute atomic E-state index is 0.771. The van der Waals surface area contributed by atoms with Gasteiger partial charge in [0.25, 0.3) is 0 Å². The van der Waals surface area contributed by atoms with Crippen molar-refractivity contribution in [2.24, 2.45) is 0 Å².